The Bertz CT molecular complexity index is 1160. The van der Waals surface area contributed by atoms with E-state index in [-0.39, 0.29) is 0 Å². The van der Waals surface area contributed by atoms with Crippen LogP contribution in [-0.4, -0.2) is 53.9 Å². The average molecular weight is 427 g/mol. The molecule has 1 fully saturated rings. The van der Waals surface area contributed by atoms with Crippen molar-refractivity contribution in [3.63, 3.8) is 0 Å². The Kier molecular flexibility index (Phi) is 5.62. The first-order chi connectivity index (χ1) is 15.5. The van der Waals surface area contributed by atoms with E-state index in [1.54, 1.807) is 0 Å². The van der Waals surface area contributed by atoms with E-state index in [2.05, 4.69) is 84.5 Å². The summed E-state index contributed by atoms with van der Waals surface area (Å²) >= 11 is 0. The monoisotopic (exact) mass is 426 g/mol. The molecular formula is C26H30N6. The highest BCUT2D eigenvalue weighted by Crippen LogP contribution is 2.35. The van der Waals surface area contributed by atoms with E-state index in [0.29, 0.717) is 6.42 Å². The summed E-state index contributed by atoms with van der Waals surface area (Å²) in [5.74, 6) is 2.78. The van der Waals surface area contributed by atoms with Gasteiger partial charge in [-0.2, -0.15) is 0 Å². The van der Waals surface area contributed by atoms with E-state index in [0.717, 1.165) is 67.1 Å². The number of hydrogen-bond acceptors (Lipinski definition) is 6. The lowest BCUT2D eigenvalue weighted by Crippen LogP contribution is -2.45. The molecule has 6 heteroatoms. The van der Waals surface area contributed by atoms with Crippen molar-refractivity contribution in [2.75, 3.05) is 43.4 Å². The molecule has 0 bridgehead atoms. The highest BCUT2D eigenvalue weighted by Gasteiger charge is 2.27. The number of amidine groups is 1. The van der Waals surface area contributed by atoms with Crippen molar-refractivity contribution in [3.05, 3.63) is 76.7 Å². The van der Waals surface area contributed by atoms with Gasteiger partial charge in [-0.05, 0) is 44.2 Å². The number of aromatic nitrogens is 2. The van der Waals surface area contributed by atoms with Gasteiger partial charge in [0.25, 0.3) is 0 Å². The third-order valence-corrected chi connectivity index (χ3v) is 6.12. The van der Waals surface area contributed by atoms with Gasteiger partial charge < -0.3 is 15.1 Å². The van der Waals surface area contributed by atoms with Crippen LogP contribution in [0.4, 0.5) is 17.2 Å². The number of aliphatic imine (C=N–C) groups is 1. The first-order valence-electron chi connectivity index (χ1n) is 11.3. The molecule has 0 saturated carbocycles. The van der Waals surface area contributed by atoms with Crippen LogP contribution in [0.5, 0.6) is 0 Å². The van der Waals surface area contributed by atoms with Gasteiger partial charge in [0, 0.05) is 38.3 Å². The van der Waals surface area contributed by atoms with E-state index in [1.807, 2.05) is 0 Å². The molecule has 0 aliphatic carbocycles. The fraction of sp³-hybridized carbons (Fsp3) is 0.346. The number of anilines is 2. The van der Waals surface area contributed by atoms with E-state index < -0.39 is 0 Å². The number of likely N-dealkylation sites (N-methyl/N-ethyl adjacent to an activating group) is 1. The molecule has 1 N–H and O–H groups in total. The third kappa shape index (κ3) is 4.50. The van der Waals surface area contributed by atoms with Gasteiger partial charge in [-0.25, -0.2) is 15.0 Å². The molecule has 3 heterocycles. The van der Waals surface area contributed by atoms with Crippen LogP contribution >= 0.6 is 0 Å². The van der Waals surface area contributed by atoms with E-state index in [4.69, 9.17) is 15.0 Å². The van der Waals surface area contributed by atoms with Gasteiger partial charge >= 0.3 is 0 Å². The Labute approximate surface area is 190 Å². The number of hydrogen-bond donors (Lipinski definition) is 1. The zero-order valence-electron chi connectivity index (χ0n) is 19.1. The predicted molar refractivity (Wildman–Crippen MR) is 131 cm³/mol. The van der Waals surface area contributed by atoms with Crippen molar-refractivity contribution in [3.8, 4) is 0 Å². The molecule has 0 atom stereocenters. The minimum absolute atomic E-state index is 0.702. The van der Waals surface area contributed by atoms with Gasteiger partial charge in [0.1, 0.15) is 17.3 Å². The molecule has 1 aromatic heterocycles. The van der Waals surface area contributed by atoms with Crippen molar-refractivity contribution in [2.24, 2.45) is 4.99 Å². The van der Waals surface area contributed by atoms with Gasteiger partial charge in [0.05, 0.1) is 12.1 Å². The van der Waals surface area contributed by atoms with Crippen LogP contribution in [0.2, 0.25) is 0 Å². The van der Waals surface area contributed by atoms with Crippen LogP contribution < -0.4 is 10.2 Å². The maximum absolute atomic E-state index is 5.04. The first-order valence-corrected chi connectivity index (χ1v) is 11.3. The molecule has 2 aliphatic heterocycles. The normalized spacial score (nSPS) is 16.1. The highest BCUT2D eigenvalue weighted by atomic mass is 15.3. The molecule has 1 saturated heterocycles. The molecule has 5 rings (SSSR count). The average Bonchev–Trinajstić information content (AvgIpc) is 3.16. The fourth-order valence-electron chi connectivity index (χ4n) is 4.39. The number of fused-ring (bicyclic) bond motifs is 1. The van der Waals surface area contributed by atoms with Crippen molar-refractivity contribution < 1.29 is 0 Å². The van der Waals surface area contributed by atoms with Crippen molar-refractivity contribution in [1.82, 2.24) is 14.9 Å². The van der Waals surface area contributed by atoms with Crippen LogP contribution in [0, 0.1) is 13.8 Å². The second kappa shape index (κ2) is 8.71. The van der Waals surface area contributed by atoms with Crippen molar-refractivity contribution in [2.45, 2.75) is 26.7 Å². The van der Waals surface area contributed by atoms with Gasteiger partial charge in [-0.3, -0.25) is 0 Å². The third-order valence-electron chi connectivity index (χ3n) is 6.12. The maximum Gasteiger partial charge on any atom is 0.158 e. The Morgan fingerprint density at radius 3 is 2.41 bits per heavy atom. The van der Waals surface area contributed by atoms with Crippen LogP contribution in [0.3, 0.4) is 0 Å². The number of rotatable bonds is 4. The van der Waals surface area contributed by atoms with E-state index in [1.165, 1.54) is 16.7 Å². The second-order valence-corrected chi connectivity index (χ2v) is 8.94. The van der Waals surface area contributed by atoms with Gasteiger partial charge in [-0.1, -0.05) is 42.0 Å². The number of aryl methyl sites for hydroxylation is 2. The molecule has 3 aromatic rings. The second-order valence-electron chi connectivity index (χ2n) is 8.94. The number of nitrogens with zero attached hydrogens (tertiary/aromatic N) is 5. The summed E-state index contributed by atoms with van der Waals surface area (Å²) in [5, 5.41) is 3.50. The standard InChI is InChI=1S/C26H30N6/c1-18-6-4-8-20(14-18)16-23-28-22-17-24(27-21-9-5-7-19(2)15-21)29-25(22)26(30-23)32-12-10-31(3)11-13-32/h4-9,14-15H,10-13,16-17H2,1-3H3,(H,27,29). The van der Waals surface area contributed by atoms with Crippen molar-refractivity contribution >= 4 is 23.0 Å². The predicted octanol–water partition coefficient (Wildman–Crippen LogP) is 4.13. The Balaban J connectivity index is 1.47. The lowest BCUT2D eigenvalue weighted by molar-refractivity contribution is 0.312. The molecule has 0 radical (unpaired) electrons. The van der Waals surface area contributed by atoms with E-state index >= 15 is 0 Å². The minimum atomic E-state index is 0.702. The SMILES string of the molecule is Cc1cccc(Cc2nc3c(c(N4CCN(C)CC4)n2)N=C(Nc2cccc(C)c2)C3)c1. The summed E-state index contributed by atoms with van der Waals surface area (Å²) < 4.78 is 0. The topological polar surface area (TPSA) is 56.7 Å². The van der Waals surface area contributed by atoms with Gasteiger partial charge in [0.15, 0.2) is 5.82 Å². The lowest BCUT2D eigenvalue weighted by Gasteiger charge is -2.33. The van der Waals surface area contributed by atoms with Crippen LogP contribution in [0.1, 0.15) is 28.2 Å². The summed E-state index contributed by atoms with van der Waals surface area (Å²) in [4.78, 5) is 19.7. The summed E-state index contributed by atoms with van der Waals surface area (Å²) in [5.41, 5.74) is 6.74. The summed E-state index contributed by atoms with van der Waals surface area (Å²) in [6.07, 6.45) is 1.43. The Morgan fingerprint density at radius 2 is 1.66 bits per heavy atom. The zero-order valence-corrected chi connectivity index (χ0v) is 19.1. The van der Waals surface area contributed by atoms with Gasteiger partial charge in [-0.15, -0.1) is 0 Å². The molecule has 0 spiro atoms. The summed E-state index contributed by atoms with van der Waals surface area (Å²) in [7, 11) is 2.17. The highest BCUT2D eigenvalue weighted by molar-refractivity contribution is 6.03. The van der Waals surface area contributed by atoms with Crippen LogP contribution in [0.25, 0.3) is 0 Å². The number of benzene rings is 2. The van der Waals surface area contributed by atoms with Crippen LogP contribution in [0.15, 0.2) is 53.5 Å². The molecule has 0 amide bonds. The molecule has 6 nitrogen and oxygen atoms in total. The summed E-state index contributed by atoms with van der Waals surface area (Å²) in [6.45, 7) is 8.21. The lowest BCUT2D eigenvalue weighted by atomic mass is 10.1. The first kappa shape index (κ1) is 20.6. The minimum Gasteiger partial charge on any atom is -0.352 e. The van der Waals surface area contributed by atoms with Crippen molar-refractivity contribution in [1.29, 1.82) is 0 Å². The quantitative estimate of drug-likeness (QED) is 0.680. The fourth-order valence-corrected chi connectivity index (χ4v) is 4.39. The largest absolute Gasteiger partial charge is 0.352 e. The van der Waals surface area contributed by atoms with Gasteiger partial charge in [0.2, 0.25) is 0 Å². The smallest absolute Gasteiger partial charge is 0.158 e. The zero-order chi connectivity index (χ0) is 22.1. The maximum atomic E-state index is 5.04. The molecule has 32 heavy (non-hydrogen) atoms. The van der Waals surface area contributed by atoms with E-state index in [9.17, 15) is 0 Å². The summed E-state index contributed by atoms with van der Waals surface area (Å²) in [6, 6.07) is 17.0. The van der Waals surface area contributed by atoms with Crippen LogP contribution in [-0.2, 0) is 12.8 Å². The number of piperazine rings is 1. The Hall–Kier alpha value is -3.25. The number of nitrogens with one attached hydrogen (secondary N) is 1. The molecular weight excluding hydrogens is 396 g/mol. The molecule has 164 valence electrons. The molecule has 2 aromatic carbocycles. The molecule has 2 aliphatic rings. The molecule has 0 unspecified atom stereocenters. The Morgan fingerprint density at radius 1 is 0.906 bits per heavy atom.